The van der Waals surface area contributed by atoms with Crippen LogP contribution in [0.3, 0.4) is 0 Å². The van der Waals surface area contributed by atoms with E-state index in [2.05, 4.69) is 24.1 Å². The average molecular weight is 241 g/mol. The molecule has 1 heterocycles. The normalized spacial score (nSPS) is 20.6. The first kappa shape index (κ1) is 11.5. The molecule has 18 heavy (non-hydrogen) atoms. The standard InChI is InChI=1S/C16H19NO/c1-3-16(6-7-16)15-9-12-5-4-11(2)8-14(18)13(12)10-17-15/h4,8-10,18H,3,5-7H2,1-2H3. The summed E-state index contributed by atoms with van der Waals surface area (Å²) in [6, 6.07) is 2.20. The molecule has 94 valence electrons. The zero-order chi connectivity index (χ0) is 12.8. The molecule has 2 aliphatic rings. The Kier molecular flexibility index (Phi) is 2.54. The van der Waals surface area contributed by atoms with Crippen molar-refractivity contribution in [3.8, 4) is 0 Å². The van der Waals surface area contributed by atoms with Crippen LogP contribution in [0.2, 0.25) is 0 Å². The van der Waals surface area contributed by atoms with Gasteiger partial charge in [-0.15, -0.1) is 0 Å². The van der Waals surface area contributed by atoms with E-state index in [0.717, 1.165) is 24.0 Å². The fraction of sp³-hybridized carbons (Fsp3) is 0.438. The largest absolute Gasteiger partial charge is 0.507 e. The van der Waals surface area contributed by atoms with E-state index in [0.29, 0.717) is 11.2 Å². The van der Waals surface area contributed by atoms with Crippen LogP contribution in [0.1, 0.15) is 49.9 Å². The van der Waals surface area contributed by atoms with Crippen molar-refractivity contribution in [1.82, 2.24) is 4.98 Å². The van der Waals surface area contributed by atoms with E-state index in [-0.39, 0.29) is 0 Å². The molecule has 1 saturated carbocycles. The molecule has 0 aliphatic heterocycles. The van der Waals surface area contributed by atoms with E-state index in [1.54, 1.807) is 0 Å². The topological polar surface area (TPSA) is 33.1 Å². The van der Waals surface area contributed by atoms with Crippen LogP contribution in [0.4, 0.5) is 0 Å². The van der Waals surface area contributed by atoms with Crippen LogP contribution in [0.25, 0.3) is 5.76 Å². The highest BCUT2D eigenvalue weighted by atomic mass is 16.3. The Bertz CT molecular complexity index is 550. The van der Waals surface area contributed by atoms with Crippen LogP contribution in [-0.2, 0) is 11.8 Å². The Morgan fingerprint density at radius 1 is 1.39 bits per heavy atom. The molecule has 0 spiro atoms. The molecule has 0 saturated heterocycles. The van der Waals surface area contributed by atoms with Gasteiger partial charge in [0.25, 0.3) is 0 Å². The summed E-state index contributed by atoms with van der Waals surface area (Å²) in [5.74, 6) is 0.344. The minimum absolute atomic E-state index is 0.333. The molecule has 3 rings (SSSR count). The van der Waals surface area contributed by atoms with Gasteiger partial charge in [-0.2, -0.15) is 0 Å². The maximum absolute atomic E-state index is 10.1. The minimum Gasteiger partial charge on any atom is -0.507 e. The highest BCUT2D eigenvalue weighted by Gasteiger charge is 2.43. The van der Waals surface area contributed by atoms with Crippen molar-refractivity contribution in [1.29, 1.82) is 0 Å². The summed E-state index contributed by atoms with van der Waals surface area (Å²) in [6.07, 6.45) is 10.4. The van der Waals surface area contributed by atoms with Crippen molar-refractivity contribution in [3.05, 3.63) is 46.8 Å². The van der Waals surface area contributed by atoms with Gasteiger partial charge in [0.1, 0.15) is 5.76 Å². The van der Waals surface area contributed by atoms with E-state index >= 15 is 0 Å². The van der Waals surface area contributed by atoms with Crippen LogP contribution in [0, 0.1) is 0 Å². The molecule has 1 aromatic heterocycles. The van der Waals surface area contributed by atoms with Gasteiger partial charge in [0.15, 0.2) is 0 Å². The summed E-state index contributed by atoms with van der Waals surface area (Å²) in [5, 5.41) is 10.1. The van der Waals surface area contributed by atoms with Gasteiger partial charge >= 0.3 is 0 Å². The zero-order valence-electron chi connectivity index (χ0n) is 11.0. The lowest BCUT2D eigenvalue weighted by atomic mass is 9.95. The van der Waals surface area contributed by atoms with Crippen molar-refractivity contribution < 1.29 is 5.11 Å². The van der Waals surface area contributed by atoms with Crippen molar-refractivity contribution in [2.75, 3.05) is 0 Å². The maximum Gasteiger partial charge on any atom is 0.124 e. The van der Waals surface area contributed by atoms with Crippen molar-refractivity contribution >= 4 is 5.76 Å². The first-order valence-corrected chi connectivity index (χ1v) is 6.72. The number of allylic oxidation sites excluding steroid dienone is 3. The predicted octanol–water partition coefficient (Wildman–Crippen LogP) is 3.92. The second-order valence-electron chi connectivity index (χ2n) is 5.54. The average Bonchev–Trinajstić information content (AvgIpc) is 3.17. The smallest absolute Gasteiger partial charge is 0.124 e. The zero-order valence-corrected chi connectivity index (χ0v) is 11.0. The third-order valence-corrected chi connectivity index (χ3v) is 4.35. The van der Waals surface area contributed by atoms with Crippen molar-refractivity contribution in [2.45, 2.75) is 44.9 Å². The molecule has 2 heteroatoms. The first-order chi connectivity index (χ1) is 8.64. The first-order valence-electron chi connectivity index (χ1n) is 6.72. The molecule has 0 atom stereocenters. The molecule has 2 nitrogen and oxygen atoms in total. The fourth-order valence-corrected chi connectivity index (χ4v) is 2.75. The minimum atomic E-state index is 0.333. The molecular weight excluding hydrogens is 222 g/mol. The number of hydrogen-bond acceptors (Lipinski definition) is 2. The highest BCUT2D eigenvalue weighted by Crippen LogP contribution is 2.50. The van der Waals surface area contributed by atoms with Crippen molar-refractivity contribution in [3.63, 3.8) is 0 Å². The summed E-state index contributed by atoms with van der Waals surface area (Å²) in [4.78, 5) is 4.59. The summed E-state index contributed by atoms with van der Waals surface area (Å²) in [6.45, 7) is 4.26. The fourth-order valence-electron chi connectivity index (χ4n) is 2.75. The number of nitrogens with zero attached hydrogens (tertiary/aromatic N) is 1. The molecular formula is C16H19NO. The monoisotopic (exact) mass is 241 g/mol. The van der Waals surface area contributed by atoms with Crippen LogP contribution >= 0.6 is 0 Å². The number of aromatic nitrogens is 1. The lowest BCUT2D eigenvalue weighted by Crippen LogP contribution is -2.09. The lowest BCUT2D eigenvalue weighted by Gasteiger charge is -2.14. The van der Waals surface area contributed by atoms with Gasteiger partial charge in [0.05, 0.1) is 0 Å². The third kappa shape index (κ3) is 1.76. The van der Waals surface area contributed by atoms with Crippen molar-refractivity contribution in [2.24, 2.45) is 0 Å². The quantitative estimate of drug-likeness (QED) is 0.851. The van der Waals surface area contributed by atoms with E-state index in [4.69, 9.17) is 0 Å². The van der Waals surface area contributed by atoms with Gasteiger partial charge in [0, 0.05) is 22.9 Å². The van der Waals surface area contributed by atoms with Gasteiger partial charge in [-0.3, -0.25) is 4.98 Å². The van der Waals surface area contributed by atoms with Crippen LogP contribution in [0.5, 0.6) is 0 Å². The predicted molar refractivity (Wildman–Crippen MR) is 73.5 cm³/mol. The van der Waals surface area contributed by atoms with Crippen LogP contribution in [-0.4, -0.2) is 10.1 Å². The highest BCUT2D eigenvalue weighted by molar-refractivity contribution is 5.65. The van der Waals surface area contributed by atoms with Gasteiger partial charge in [0.2, 0.25) is 0 Å². The van der Waals surface area contributed by atoms with Crippen LogP contribution < -0.4 is 0 Å². The van der Waals surface area contributed by atoms with Gasteiger partial charge in [-0.05, 0) is 50.3 Å². The van der Waals surface area contributed by atoms with Gasteiger partial charge in [-0.25, -0.2) is 0 Å². The Morgan fingerprint density at radius 3 is 2.83 bits per heavy atom. The Morgan fingerprint density at radius 2 is 2.17 bits per heavy atom. The second kappa shape index (κ2) is 3.98. The SMILES string of the molecule is CCC1(c2cc3c(cn2)C(O)=CC(C)=CC3)CC1. The number of pyridine rings is 1. The molecule has 0 radical (unpaired) electrons. The molecule has 0 aromatic carbocycles. The molecule has 1 N–H and O–H groups in total. The summed E-state index contributed by atoms with van der Waals surface area (Å²) >= 11 is 0. The Balaban J connectivity index is 2.05. The van der Waals surface area contributed by atoms with E-state index in [1.165, 1.54) is 24.1 Å². The number of aliphatic hydroxyl groups is 1. The summed E-state index contributed by atoms with van der Waals surface area (Å²) in [7, 11) is 0. The lowest BCUT2D eigenvalue weighted by molar-refractivity contribution is 0.510. The van der Waals surface area contributed by atoms with E-state index in [1.807, 2.05) is 19.2 Å². The van der Waals surface area contributed by atoms with E-state index < -0.39 is 0 Å². The number of rotatable bonds is 2. The summed E-state index contributed by atoms with van der Waals surface area (Å²) in [5.41, 5.74) is 4.75. The summed E-state index contributed by atoms with van der Waals surface area (Å²) < 4.78 is 0. The van der Waals surface area contributed by atoms with Gasteiger partial charge in [-0.1, -0.05) is 18.6 Å². The number of aliphatic hydroxyl groups excluding tert-OH is 1. The molecule has 2 aliphatic carbocycles. The molecule has 0 unspecified atom stereocenters. The molecule has 0 amide bonds. The Labute approximate surface area is 108 Å². The molecule has 1 aromatic rings. The number of hydrogen-bond donors (Lipinski definition) is 1. The second-order valence-corrected chi connectivity index (χ2v) is 5.54. The number of fused-ring (bicyclic) bond motifs is 1. The maximum atomic E-state index is 10.1. The molecule has 1 fully saturated rings. The third-order valence-electron chi connectivity index (χ3n) is 4.35. The van der Waals surface area contributed by atoms with Crippen LogP contribution in [0.15, 0.2) is 30.0 Å². The molecule has 0 bridgehead atoms. The van der Waals surface area contributed by atoms with Gasteiger partial charge < -0.3 is 5.11 Å². The Hall–Kier alpha value is -1.57. The van der Waals surface area contributed by atoms with E-state index in [9.17, 15) is 5.11 Å².